The van der Waals surface area contributed by atoms with E-state index in [0.717, 1.165) is 18.4 Å². The molecule has 1 N–H and O–H groups in total. The first-order valence-electron chi connectivity index (χ1n) is 8.38. The van der Waals surface area contributed by atoms with Crippen molar-refractivity contribution in [1.29, 1.82) is 0 Å². The molecule has 138 valence electrons. The van der Waals surface area contributed by atoms with E-state index in [9.17, 15) is 9.59 Å². The lowest BCUT2D eigenvalue weighted by Crippen LogP contribution is -2.53. The quantitative estimate of drug-likeness (QED) is 0.837. The van der Waals surface area contributed by atoms with Gasteiger partial charge in [-0.2, -0.15) is 0 Å². The van der Waals surface area contributed by atoms with E-state index in [-0.39, 0.29) is 12.5 Å². The predicted molar refractivity (Wildman–Crippen MR) is 98.9 cm³/mol. The average molecular weight is 387 g/mol. The van der Waals surface area contributed by atoms with E-state index in [2.05, 4.69) is 5.32 Å². The van der Waals surface area contributed by atoms with Gasteiger partial charge in [0.05, 0.1) is 0 Å². The van der Waals surface area contributed by atoms with Gasteiger partial charge >= 0.3 is 6.09 Å². The van der Waals surface area contributed by atoms with Gasteiger partial charge in [0.15, 0.2) is 0 Å². The van der Waals surface area contributed by atoms with Gasteiger partial charge in [-0.15, -0.1) is 0 Å². The second-order valence-electron chi connectivity index (χ2n) is 7.14. The molecule has 25 heavy (non-hydrogen) atoms. The maximum absolute atomic E-state index is 12.6. The molecule has 0 saturated carbocycles. The molecule has 2 amide bonds. The lowest BCUT2D eigenvalue weighted by atomic mass is 10.0. The number of halogens is 2. The number of rotatable bonds is 3. The molecule has 0 aliphatic carbocycles. The molecule has 1 fully saturated rings. The Balaban J connectivity index is 2.01. The van der Waals surface area contributed by atoms with Gasteiger partial charge in [-0.3, -0.25) is 9.69 Å². The van der Waals surface area contributed by atoms with Crippen molar-refractivity contribution in [2.45, 2.75) is 58.2 Å². The Kier molecular flexibility index (Phi) is 6.58. The number of ether oxygens (including phenoxy) is 1. The minimum Gasteiger partial charge on any atom is -0.444 e. The summed E-state index contributed by atoms with van der Waals surface area (Å²) in [6.45, 7) is 6.24. The largest absolute Gasteiger partial charge is 0.444 e. The number of piperidine rings is 1. The number of nitrogens with zero attached hydrogens (tertiary/aromatic N) is 1. The molecule has 0 bridgehead atoms. The van der Waals surface area contributed by atoms with Crippen LogP contribution >= 0.6 is 23.2 Å². The molecule has 0 unspecified atom stereocenters. The number of amides is 2. The predicted octanol–water partition coefficient (Wildman–Crippen LogP) is 4.40. The number of hydrogen-bond donors (Lipinski definition) is 1. The Morgan fingerprint density at radius 2 is 2.00 bits per heavy atom. The van der Waals surface area contributed by atoms with E-state index in [1.54, 1.807) is 18.2 Å². The van der Waals surface area contributed by atoms with Gasteiger partial charge < -0.3 is 10.1 Å². The van der Waals surface area contributed by atoms with Crippen LogP contribution in [0.15, 0.2) is 18.2 Å². The fourth-order valence-electron chi connectivity index (χ4n) is 2.71. The van der Waals surface area contributed by atoms with Gasteiger partial charge in [0.1, 0.15) is 11.6 Å². The summed E-state index contributed by atoms with van der Waals surface area (Å²) >= 11 is 12.0. The number of carbonyl (C=O) groups is 2. The van der Waals surface area contributed by atoms with Crippen molar-refractivity contribution in [1.82, 2.24) is 10.2 Å². The van der Waals surface area contributed by atoms with E-state index >= 15 is 0 Å². The lowest BCUT2D eigenvalue weighted by molar-refractivity contribution is -0.127. The molecule has 1 aromatic carbocycles. The number of hydrogen-bond acceptors (Lipinski definition) is 3. The average Bonchev–Trinajstić information content (AvgIpc) is 2.52. The van der Waals surface area contributed by atoms with Crippen LogP contribution in [-0.4, -0.2) is 35.1 Å². The van der Waals surface area contributed by atoms with Crippen LogP contribution in [0.1, 0.15) is 45.6 Å². The number of carbonyl (C=O) groups excluding carboxylic acids is 2. The molecule has 1 aromatic rings. The summed E-state index contributed by atoms with van der Waals surface area (Å²) in [7, 11) is 0. The van der Waals surface area contributed by atoms with Gasteiger partial charge in [-0.05, 0) is 57.7 Å². The van der Waals surface area contributed by atoms with E-state index in [1.165, 1.54) is 4.90 Å². The van der Waals surface area contributed by atoms with Crippen LogP contribution in [0.25, 0.3) is 0 Å². The van der Waals surface area contributed by atoms with Crippen LogP contribution in [-0.2, 0) is 16.1 Å². The highest BCUT2D eigenvalue weighted by Gasteiger charge is 2.34. The fourth-order valence-corrected chi connectivity index (χ4v) is 3.18. The maximum atomic E-state index is 12.6. The Hall–Kier alpha value is -1.46. The second kappa shape index (κ2) is 8.28. The zero-order chi connectivity index (χ0) is 18.6. The van der Waals surface area contributed by atoms with Crippen LogP contribution in [0.2, 0.25) is 10.0 Å². The minimum absolute atomic E-state index is 0.198. The summed E-state index contributed by atoms with van der Waals surface area (Å²) < 4.78 is 5.42. The molecule has 2 rings (SSSR count). The van der Waals surface area contributed by atoms with Crippen LogP contribution in [0, 0.1) is 0 Å². The van der Waals surface area contributed by atoms with Gasteiger partial charge in [-0.25, -0.2) is 4.79 Å². The summed E-state index contributed by atoms with van der Waals surface area (Å²) in [6, 6.07) is 4.62. The molecule has 1 aliphatic heterocycles. The topological polar surface area (TPSA) is 58.6 Å². The Morgan fingerprint density at radius 3 is 2.64 bits per heavy atom. The number of likely N-dealkylation sites (tertiary alicyclic amines) is 1. The van der Waals surface area contributed by atoms with Crippen LogP contribution in [0.4, 0.5) is 4.79 Å². The summed E-state index contributed by atoms with van der Waals surface area (Å²) in [5, 5.41) is 3.91. The van der Waals surface area contributed by atoms with Gasteiger partial charge in [-0.1, -0.05) is 29.3 Å². The van der Waals surface area contributed by atoms with Gasteiger partial charge in [0.2, 0.25) is 5.91 Å². The molecule has 7 heteroatoms. The summed E-state index contributed by atoms with van der Waals surface area (Å²) in [6.07, 6.45) is 1.95. The lowest BCUT2D eigenvalue weighted by Gasteiger charge is -2.35. The standard InChI is InChI=1S/C18H24Cl2N2O3/c1-18(2,3)25-17(24)22-9-5-4-6-15(22)16(23)21-11-12-7-8-13(19)10-14(12)20/h7-8,10,15H,4-6,9,11H2,1-3H3,(H,21,23)/t15-/m1/s1. The monoisotopic (exact) mass is 386 g/mol. The molecule has 0 aromatic heterocycles. The maximum Gasteiger partial charge on any atom is 0.410 e. The highest BCUT2D eigenvalue weighted by molar-refractivity contribution is 6.35. The first kappa shape index (κ1) is 19.9. The van der Waals surface area contributed by atoms with Crippen molar-refractivity contribution >= 4 is 35.2 Å². The second-order valence-corrected chi connectivity index (χ2v) is 7.98. The number of nitrogens with one attached hydrogen (secondary N) is 1. The van der Waals surface area contributed by atoms with Crippen molar-refractivity contribution < 1.29 is 14.3 Å². The van der Waals surface area contributed by atoms with E-state index < -0.39 is 17.7 Å². The minimum atomic E-state index is -0.591. The normalized spacial score (nSPS) is 18.0. The van der Waals surface area contributed by atoms with Crippen LogP contribution < -0.4 is 5.32 Å². The summed E-state index contributed by atoms with van der Waals surface area (Å²) in [4.78, 5) is 26.5. The third kappa shape index (κ3) is 5.79. The van der Waals surface area contributed by atoms with Crippen molar-refractivity contribution in [2.75, 3.05) is 6.54 Å². The third-order valence-electron chi connectivity index (χ3n) is 3.90. The highest BCUT2D eigenvalue weighted by Crippen LogP contribution is 2.23. The van der Waals surface area contributed by atoms with E-state index in [4.69, 9.17) is 27.9 Å². The Labute approximate surface area is 158 Å². The molecular formula is C18H24Cl2N2O3. The van der Waals surface area contributed by atoms with Crippen LogP contribution in [0.3, 0.4) is 0 Å². The summed E-state index contributed by atoms with van der Waals surface area (Å²) in [5.74, 6) is -0.198. The van der Waals surface area contributed by atoms with E-state index in [1.807, 2.05) is 20.8 Å². The SMILES string of the molecule is CC(C)(C)OC(=O)N1CCCC[C@@H]1C(=O)NCc1ccc(Cl)cc1Cl. The fraction of sp³-hybridized carbons (Fsp3) is 0.556. The highest BCUT2D eigenvalue weighted by atomic mass is 35.5. The molecule has 1 atom stereocenters. The first-order chi connectivity index (χ1) is 11.7. The Morgan fingerprint density at radius 1 is 1.28 bits per heavy atom. The Bertz CT molecular complexity index is 644. The smallest absolute Gasteiger partial charge is 0.410 e. The van der Waals surface area contributed by atoms with E-state index in [0.29, 0.717) is 23.0 Å². The summed E-state index contributed by atoms with van der Waals surface area (Å²) in [5.41, 5.74) is 0.186. The zero-order valence-electron chi connectivity index (χ0n) is 14.8. The first-order valence-corrected chi connectivity index (χ1v) is 9.14. The van der Waals surface area contributed by atoms with Crippen LogP contribution in [0.5, 0.6) is 0 Å². The van der Waals surface area contributed by atoms with Crippen molar-refractivity contribution in [2.24, 2.45) is 0 Å². The molecule has 1 heterocycles. The van der Waals surface area contributed by atoms with Gasteiger partial charge in [0, 0.05) is 23.1 Å². The van der Waals surface area contributed by atoms with Gasteiger partial charge in [0.25, 0.3) is 0 Å². The third-order valence-corrected chi connectivity index (χ3v) is 4.49. The molecule has 0 spiro atoms. The van der Waals surface area contributed by atoms with Crippen molar-refractivity contribution in [3.05, 3.63) is 33.8 Å². The molecular weight excluding hydrogens is 363 g/mol. The molecule has 0 radical (unpaired) electrons. The molecule has 5 nitrogen and oxygen atoms in total. The van der Waals surface area contributed by atoms with Crippen molar-refractivity contribution in [3.63, 3.8) is 0 Å². The molecule has 1 saturated heterocycles. The van der Waals surface area contributed by atoms with Crippen molar-refractivity contribution in [3.8, 4) is 0 Å². The zero-order valence-corrected chi connectivity index (χ0v) is 16.3. The molecule has 1 aliphatic rings. The number of benzene rings is 1.